The summed E-state index contributed by atoms with van der Waals surface area (Å²) in [6, 6.07) is 25.6. The highest BCUT2D eigenvalue weighted by atomic mass is 16.5. The SMILES string of the molecule is N#CC(=Cc1c(Oc2ccccc2)nc2ccccn2c1=O)C(=O)NCCc1ccccc1. The molecule has 0 unspecified atom stereocenters. The zero-order valence-electron chi connectivity index (χ0n) is 17.6. The van der Waals surface area contributed by atoms with E-state index in [1.165, 1.54) is 10.5 Å². The Morgan fingerprint density at radius 3 is 2.45 bits per heavy atom. The molecule has 1 amide bonds. The zero-order chi connectivity index (χ0) is 23.0. The summed E-state index contributed by atoms with van der Waals surface area (Å²) in [7, 11) is 0. The van der Waals surface area contributed by atoms with E-state index in [0.717, 1.165) is 5.56 Å². The largest absolute Gasteiger partial charge is 0.438 e. The lowest BCUT2D eigenvalue weighted by Gasteiger charge is -2.10. The van der Waals surface area contributed by atoms with Gasteiger partial charge in [0.1, 0.15) is 28.6 Å². The van der Waals surface area contributed by atoms with Gasteiger partial charge >= 0.3 is 0 Å². The van der Waals surface area contributed by atoms with E-state index in [0.29, 0.717) is 24.4 Å². The number of fused-ring (bicyclic) bond motifs is 1. The van der Waals surface area contributed by atoms with Crippen LogP contribution in [0.3, 0.4) is 0 Å². The number of pyridine rings is 1. The number of hydrogen-bond acceptors (Lipinski definition) is 5. The summed E-state index contributed by atoms with van der Waals surface area (Å²) >= 11 is 0. The fourth-order valence-corrected chi connectivity index (χ4v) is 3.24. The van der Waals surface area contributed by atoms with Crippen LogP contribution in [0.5, 0.6) is 11.6 Å². The van der Waals surface area contributed by atoms with Crippen LogP contribution < -0.4 is 15.6 Å². The Labute approximate surface area is 190 Å². The smallest absolute Gasteiger partial charge is 0.269 e. The molecule has 0 aliphatic heterocycles. The van der Waals surface area contributed by atoms with Gasteiger partial charge in [-0.3, -0.25) is 14.0 Å². The van der Waals surface area contributed by atoms with Crippen LogP contribution in [0.15, 0.2) is 95.4 Å². The molecule has 33 heavy (non-hydrogen) atoms. The third-order valence-corrected chi connectivity index (χ3v) is 4.89. The van der Waals surface area contributed by atoms with Gasteiger partial charge in [-0.1, -0.05) is 54.6 Å². The van der Waals surface area contributed by atoms with Crippen LogP contribution >= 0.6 is 0 Å². The van der Waals surface area contributed by atoms with E-state index < -0.39 is 11.5 Å². The van der Waals surface area contributed by atoms with Gasteiger partial charge in [-0.15, -0.1) is 0 Å². The number of para-hydroxylation sites is 1. The average molecular weight is 436 g/mol. The zero-order valence-corrected chi connectivity index (χ0v) is 17.6. The van der Waals surface area contributed by atoms with Crippen molar-refractivity contribution in [3.8, 4) is 17.7 Å². The van der Waals surface area contributed by atoms with Crippen LogP contribution in [0.1, 0.15) is 11.1 Å². The highest BCUT2D eigenvalue weighted by molar-refractivity contribution is 6.01. The van der Waals surface area contributed by atoms with Crippen LogP contribution in [-0.4, -0.2) is 21.8 Å². The second kappa shape index (κ2) is 10.1. The van der Waals surface area contributed by atoms with Gasteiger partial charge in [-0.05, 0) is 42.3 Å². The highest BCUT2D eigenvalue weighted by Crippen LogP contribution is 2.23. The molecular weight excluding hydrogens is 416 g/mol. The molecular formula is C26H20N4O3. The van der Waals surface area contributed by atoms with Crippen molar-refractivity contribution in [2.45, 2.75) is 6.42 Å². The van der Waals surface area contributed by atoms with E-state index in [2.05, 4.69) is 10.3 Å². The topological polar surface area (TPSA) is 96.5 Å². The number of carbonyl (C=O) groups is 1. The van der Waals surface area contributed by atoms with E-state index in [1.54, 1.807) is 48.7 Å². The van der Waals surface area contributed by atoms with Gasteiger partial charge < -0.3 is 10.1 Å². The molecule has 162 valence electrons. The Morgan fingerprint density at radius 1 is 1.03 bits per heavy atom. The summed E-state index contributed by atoms with van der Waals surface area (Å²) in [6.45, 7) is 0.351. The molecule has 0 radical (unpaired) electrons. The number of benzene rings is 2. The number of amides is 1. The molecule has 7 nitrogen and oxygen atoms in total. The third-order valence-electron chi connectivity index (χ3n) is 4.89. The van der Waals surface area contributed by atoms with Gasteiger partial charge in [-0.25, -0.2) is 0 Å². The van der Waals surface area contributed by atoms with E-state index in [-0.39, 0.29) is 17.0 Å². The molecule has 4 rings (SSSR count). The summed E-state index contributed by atoms with van der Waals surface area (Å²) < 4.78 is 7.19. The molecule has 1 N–H and O–H groups in total. The Kier molecular flexibility index (Phi) is 6.57. The van der Waals surface area contributed by atoms with Gasteiger partial charge in [0.2, 0.25) is 5.88 Å². The molecule has 0 aliphatic carbocycles. The highest BCUT2D eigenvalue weighted by Gasteiger charge is 2.17. The Balaban J connectivity index is 1.66. The number of carbonyl (C=O) groups excluding carboxylic acids is 1. The Hall–Kier alpha value is -4.70. The van der Waals surface area contributed by atoms with E-state index >= 15 is 0 Å². The summed E-state index contributed by atoms with van der Waals surface area (Å²) in [5, 5.41) is 12.3. The number of aromatic nitrogens is 2. The minimum absolute atomic E-state index is 0.0114. The van der Waals surface area contributed by atoms with Crippen molar-refractivity contribution in [2.75, 3.05) is 6.54 Å². The minimum Gasteiger partial charge on any atom is -0.438 e. The molecule has 7 heteroatoms. The minimum atomic E-state index is -0.573. The van der Waals surface area contributed by atoms with Crippen molar-refractivity contribution >= 4 is 17.6 Å². The van der Waals surface area contributed by atoms with Crippen LogP contribution in [0.2, 0.25) is 0 Å². The van der Waals surface area contributed by atoms with Gasteiger partial charge in [-0.2, -0.15) is 10.2 Å². The van der Waals surface area contributed by atoms with Crippen molar-refractivity contribution in [3.63, 3.8) is 0 Å². The lowest BCUT2D eigenvalue weighted by Crippen LogP contribution is -2.27. The van der Waals surface area contributed by atoms with Crippen molar-refractivity contribution in [3.05, 3.63) is 112 Å². The first-order valence-electron chi connectivity index (χ1n) is 10.3. The van der Waals surface area contributed by atoms with E-state index in [4.69, 9.17) is 4.74 Å². The van der Waals surface area contributed by atoms with Crippen molar-refractivity contribution < 1.29 is 9.53 Å². The lowest BCUT2D eigenvalue weighted by molar-refractivity contribution is -0.117. The van der Waals surface area contributed by atoms with Crippen LogP contribution in [0, 0.1) is 11.3 Å². The lowest BCUT2D eigenvalue weighted by atomic mass is 10.1. The maximum Gasteiger partial charge on any atom is 0.269 e. The maximum atomic E-state index is 13.2. The summed E-state index contributed by atoms with van der Waals surface area (Å²) in [6.07, 6.45) is 3.42. The monoisotopic (exact) mass is 436 g/mol. The quantitative estimate of drug-likeness (QED) is 0.352. The molecule has 4 aromatic rings. The van der Waals surface area contributed by atoms with Crippen molar-refractivity contribution in [1.29, 1.82) is 5.26 Å². The van der Waals surface area contributed by atoms with E-state index in [9.17, 15) is 14.9 Å². The van der Waals surface area contributed by atoms with Crippen molar-refractivity contribution in [2.24, 2.45) is 0 Å². The fraction of sp³-hybridized carbons (Fsp3) is 0.0769. The second-order valence-corrected chi connectivity index (χ2v) is 7.14. The molecule has 0 atom stereocenters. The molecule has 2 heterocycles. The number of nitriles is 1. The number of hydrogen-bond donors (Lipinski definition) is 1. The van der Waals surface area contributed by atoms with Gasteiger partial charge in [0.15, 0.2) is 0 Å². The van der Waals surface area contributed by atoms with Crippen LogP contribution in [0.4, 0.5) is 0 Å². The number of nitrogens with one attached hydrogen (secondary N) is 1. The normalized spacial score (nSPS) is 11.1. The molecule has 2 aromatic heterocycles. The number of ether oxygens (including phenoxy) is 1. The summed E-state index contributed by atoms with van der Waals surface area (Å²) in [5.74, 6) is -0.0796. The molecule has 0 fully saturated rings. The summed E-state index contributed by atoms with van der Waals surface area (Å²) in [5.41, 5.74) is 0.802. The fourth-order valence-electron chi connectivity index (χ4n) is 3.24. The van der Waals surface area contributed by atoms with Gasteiger partial charge in [0.05, 0.1) is 0 Å². The first kappa shape index (κ1) is 21.5. The first-order valence-corrected chi connectivity index (χ1v) is 10.3. The van der Waals surface area contributed by atoms with Gasteiger partial charge in [0, 0.05) is 12.7 Å². The second-order valence-electron chi connectivity index (χ2n) is 7.14. The standard InChI is InChI=1S/C26H20N4O3/c27-18-20(24(31)28-15-14-19-9-3-1-4-10-19)17-22-25(33-21-11-5-2-6-12-21)29-23-13-7-8-16-30(23)26(22)32/h1-13,16-17H,14-15H2,(H,28,31). The van der Waals surface area contributed by atoms with Crippen molar-refractivity contribution in [1.82, 2.24) is 14.7 Å². The molecule has 0 spiro atoms. The first-order chi connectivity index (χ1) is 16.2. The molecule has 0 aliphatic rings. The molecule has 2 aromatic carbocycles. The maximum absolute atomic E-state index is 13.2. The van der Waals surface area contributed by atoms with E-state index in [1.807, 2.05) is 42.5 Å². The average Bonchev–Trinajstić information content (AvgIpc) is 2.85. The molecule has 0 saturated heterocycles. The molecule has 0 bridgehead atoms. The van der Waals surface area contributed by atoms with Crippen LogP contribution in [0.25, 0.3) is 11.7 Å². The van der Waals surface area contributed by atoms with Gasteiger partial charge in [0.25, 0.3) is 11.5 Å². The number of rotatable bonds is 7. The van der Waals surface area contributed by atoms with Crippen LogP contribution in [-0.2, 0) is 11.2 Å². The summed E-state index contributed by atoms with van der Waals surface area (Å²) in [4.78, 5) is 30.2. The third kappa shape index (κ3) is 5.14. The predicted molar refractivity (Wildman–Crippen MR) is 125 cm³/mol. The molecule has 0 saturated carbocycles. The Morgan fingerprint density at radius 2 is 1.73 bits per heavy atom. The Bertz CT molecular complexity index is 1400. The predicted octanol–water partition coefficient (Wildman–Crippen LogP) is 3.75. The number of nitrogens with zero attached hydrogens (tertiary/aromatic N) is 3.